The van der Waals surface area contributed by atoms with Crippen LogP contribution in [0.1, 0.15) is 22.3 Å². The Balaban J connectivity index is 2.17. The van der Waals surface area contributed by atoms with Crippen LogP contribution in [0.3, 0.4) is 0 Å². The van der Waals surface area contributed by atoms with Crippen LogP contribution < -0.4 is 16.0 Å². The summed E-state index contributed by atoms with van der Waals surface area (Å²) < 4.78 is 44.7. The fourth-order valence-electron chi connectivity index (χ4n) is 3.08. The van der Waals surface area contributed by atoms with Crippen molar-refractivity contribution in [3.63, 3.8) is 0 Å². The molecule has 0 fully saturated rings. The average molecular weight is 416 g/mol. The molecule has 0 radical (unpaired) electrons. The van der Waals surface area contributed by atoms with Gasteiger partial charge in [0.15, 0.2) is 0 Å². The molecule has 2 N–H and O–H groups in total. The van der Waals surface area contributed by atoms with Gasteiger partial charge in [-0.15, -0.1) is 0 Å². The molecule has 0 aliphatic rings. The van der Waals surface area contributed by atoms with E-state index in [0.29, 0.717) is 5.56 Å². The highest BCUT2D eigenvalue weighted by atomic mass is 19.4. The monoisotopic (exact) mass is 416 g/mol. The molecular weight excluding hydrogens is 397 g/mol. The van der Waals surface area contributed by atoms with E-state index in [-0.39, 0.29) is 22.4 Å². The second-order valence-electron chi connectivity index (χ2n) is 6.78. The van der Waals surface area contributed by atoms with Crippen molar-refractivity contribution in [2.24, 2.45) is 0 Å². The molecule has 8 heteroatoms. The van der Waals surface area contributed by atoms with Crippen LogP contribution in [0.15, 0.2) is 52.2 Å². The zero-order valence-electron chi connectivity index (χ0n) is 16.3. The van der Waals surface area contributed by atoms with Crippen LogP contribution in [0, 0.1) is 6.92 Å². The van der Waals surface area contributed by atoms with Crippen LogP contribution in [-0.4, -0.2) is 23.3 Å². The summed E-state index contributed by atoms with van der Waals surface area (Å²) in [6, 6.07) is 10.4. The van der Waals surface area contributed by atoms with Crippen LogP contribution in [0.5, 0.6) is 5.75 Å². The lowest BCUT2D eigenvalue weighted by atomic mass is 9.97. The standard InChI is InChI=1S/C22H19F3N2O3/c1-13-3-5-14(6-4-13)7-8-15-9-16(18-12-26-21(29)27-20(18)28)10-17(19(15)30-2)11-22(23,24)25/h3-10,12H,11H2,1-2H3,(H2,26,27,28,29)/b8-7+. The second-order valence-corrected chi connectivity index (χ2v) is 6.78. The Kier molecular flexibility index (Phi) is 5.96. The number of aromatic nitrogens is 2. The topological polar surface area (TPSA) is 75.0 Å². The van der Waals surface area contributed by atoms with Gasteiger partial charge in [-0.05, 0) is 30.2 Å². The van der Waals surface area contributed by atoms with Gasteiger partial charge in [0.1, 0.15) is 5.75 Å². The Morgan fingerprint density at radius 1 is 1.07 bits per heavy atom. The first kappa shape index (κ1) is 21.2. The number of ether oxygens (including phenoxy) is 1. The number of hydrogen-bond donors (Lipinski definition) is 2. The predicted octanol–water partition coefficient (Wildman–Crippen LogP) is 4.32. The van der Waals surface area contributed by atoms with Crippen molar-refractivity contribution in [3.05, 3.63) is 85.7 Å². The SMILES string of the molecule is COc1c(/C=C/c2ccc(C)cc2)cc(-c2c[nH]c(=O)[nH]c2=O)cc1CC(F)(F)F. The van der Waals surface area contributed by atoms with Gasteiger partial charge in [0.25, 0.3) is 5.56 Å². The van der Waals surface area contributed by atoms with Gasteiger partial charge in [-0.25, -0.2) is 4.79 Å². The minimum absolute atomic E-state index is 0.0469. The molecule has 156 valence electrons. The van der Waals surface area contributed by atoms with Crippen LogP contribution in [-0.2, 0) is 6.42 Å². The van der Waals surface area contributed by atoms with Gasteiger partial charge in [-0.3, -0.25) is 9.78 Å². The Hall–Kier alpha value is -3.55. The van der Waals surface area contributed by atoms with E-state index in [1.54, 1.807) is 18.2 Å². The molecule has 0 saturated heterocycles. The molecule has 0 unspecified atom stereocenters. The summed E-state index contributed by atoms with van der Waals surface area (Å²) in [6.45, 7) is 1.95. The fraction of sp³-hybridized carbons (Fsp3) is 0.182. The third kappa shape index (κ3) is 5.08. The van der Waals surface area contributed by atoms with Crippen molar-refractivity contribution in [3.8, 4) is 16.9 Å². The molecule has 0 amide bonds. The number of alkyl halides is 3. The van der Waals surface area contributed by atoms with Gasteiger partial charge in [-0.1, -0.05) is 42.0 Å². The summed E-state index contributed by atoms with van der Waals surface area (Å²) in [5.74, 6) is 0.0697. The summed E-state index contributed by atoms with van der Waals surface area (Å²) in [6.07, 6.45) is -1.14. The minimum Gasteiger partial charge on any atom is -0.496 e. The summed E-state index contributed by atoms with van der Waals surface area (Å²) >= 11 is 0. The van der Waals surface area contributed by atoms with Crippen molar-refractivity contribution in [1.82, 2.24) is 9.97 Å². The number of aromatic amines is 2. The van der Waals surface area contributed by atoms with Gasteiger partial charge in [-0.2, -0.15) is 13.2 Å². The Morgan fingerprint density at radius 2 is 1.77 bits per heavy atom. The van der Waals surface area contributed by atoms with E-state index in [9.17, 15) is 22.8 Å². The van der Waals surface area contributed by atoms with Gasteiger partial charge < -0.3 is 9.72 Å². The Labute approximate surface area is 169 Å². The summed E-state index contributed by atoms with van der Waals surface area (Å²) in [5.41, 5.74) is 1.07. The molecule has 0 bridgehead atoms. The van der Waals surface area contributed by atoms with Crippen LogP contribution >= 0.6 is 0 Å². The first-order valence-electron chi connectivity index (χ1n) is 9.01. The minimum atomic E-state index is -4.47. The highest BCUT2D eigenvalue weighted by Crippen LogP contribution is 2.35. The largest absolute Gasteiger partial charge is 0.496 e. The lowest BCUT2D eigenvalue weighted by Crippen LogP contribution is -2.22. The molecule has 0 spiro atoms. The lowest BCUT2D eigenvalue weighted by Gasteiger charge is -2.16. The fourth-order valence-corrected chi connectivity index (χ4v) is 3.08. The zero-order chi connectivity index (χ0) is 21.9. The van der Waals surface area contributed by atoms with E-state index < -0.39 is 23.8 Å². The molecule has 5 nitrogen and oxygen atoms in total. The van der Waals surface area contributed by atoms with E-state index in [4.69, 9.17) is 4.74 Å². The summed E-state index contributed by atoms with van der Waals surface area (Å²) in [7, 11) is 1.30. The molecule has 0 aliphatic heterocycles. The quantitative estimate of drug-likeness (QED) is 0.609. The lowest BCUT2D eigenvalue weighted by molar-refractivity contribution is -0.127. The second kappa shape index (κ2) is 8.44. The van der Waals surface area contributed by atoms with Gasteiger partial charge in [0.2, 0.25) is 0 Å². The van der Waals surface area contributed by atoms with Crippen molar-refractivity contribution in [2.45, 2.75) is 19.5 Å². The van der Waals surface area contributed by atoms with E-state index in [2.05, 4.69) is 9.97 Å². The molecule has 3 rings (SSSR count). The van der Waals surface area contributed by atoms with E-state index in [0.717, 1.165) is 11.1 Å². The number of nitrogens with one attached hydrogen (secondary N) is 2. The van der Waals surface area contributed by atoms with Crippen LogP contribution in [0.2, 0.25) is 0 Å². The zero-order valence-corrected chi connectivity index (χ0v) is 16.3. The van der Waals surface area contributed by atoms with Crippen molar-refractivity contribution in [1.29, 1.82) is 0 Å². The molecule has 0 atom stereocenters. The molecule has 3 aromatic rings. The predicted molar refractivity (Wildman–Crippen MR) is 110 cm³/mol. The highest BCUT2D eigenvalue weighted by molar-refractivity contribution is 5.78. The maximum absolute atomic E-state index is 13.2. The molecule has 1 heterocycles. The highest BCUT2D eigenvalue weighted by Gasteiger charge is 2.30. The van der Waals surface area contributed by atoms with E-state index in [1.165, 1.54) is 19.4 Å². The molecular formula is C22H19F3N2O3. The molecule has 1 aromatic heterocycles. The number of benzene rings is 2. The normalized spacial score (nSPS) is 11.8. The first-order chi connectivity index (χ1) is 14.2. The number of H-pyrrole nitrogens is 2. The van der Waals surface area contributed by atoms with Crippen molar-refractivity contribution in [2.75, 3.05) is 7.11 Å². The maximum atomic E-state index is 13.2. The Bertz CT molecular complexity index is 1190. The number of methoxy groups -OCH3 is 1. The summed E-state index contributed by atoms with van der Waals surface area (Å²) in [5, 5.41) is 0. The molecule has 0 aliphatic carbocycles. The van der Waals surface area contributed by atoms with Gasteiger partial charge >= 0.3 is 11.9 Å². The molecule has 0 saturated carbocycles. The molecule has 2 aromatic carbocycles. The van der Waals surface area contributed by atoms with E-state index in [1.807, 2.05) is 31.2 Å². The molecule has 30 heavy (non-hydrogen) atoms. The maximum Gasteiger partial charge on any atom is 0.393 e. The van der Waals surface area contributed by atoms with E-state index >= 15 is 0 Å². The van der Waals surface area contributed by atoms with Gasteiger partial charge in [0, 0.05) is 17.3 Å². The Morgan fingerprint density at radius 3 is 2.37 bits per heavy atom. The first-order valence-corrected chi connectivity index (χ1v) is 9.01. The van der Waals surface area contributed by atoms with Crippen molar-refractivity contribution < 1.29 is 17.9 Å². The third-order valence-electron chi connectivity index (χ3n) is 4.45. The third-order valence-corrected chi connectivity index (χ3v) is 4.45. The number of rotatable bonds is 5. The smallest absolute Gasteiger partial charge is 0.393 e. The van der Waals surface area contributed by atoms with Crippen molar-refractivity contribution >= 4 is 12.2 Å². The number of hydrogen-bond acceptors (Lipinski definition) is 3. The van der Waals surface area contributed by atoms with Crippen LogP contribution in [0.25, 0.3) is 23.3 Å². The summed E-state index contributed by atoms with van der Waals surface area (Å²) in [4.78, 5) is 27.9. The number of halogens is 3. The number of aryl methyl sites for hydroxylation is 1. The average Bonchev–Trinajstić information content (AvgIpc) is 2.66. The van der Waals surface area contributed by atoms with Gasteiger partial charge in [0.05, 0.1) is 19.1 Å². The van der Waals surface area contributed by atoms with Crippen LogP contribution in [0.4, 0.5) is 13.2 Å².